The van der Waals surface area contributed by atoms with E-state index in [1.807, 2.05) is 0 Å². The molecule has 1 atom stereocenters. The molecule has 1 aliphatic carbocycles. The highest BCUT2D eigenvalue weighted by atomic mass is 19.1. The van der Waals surface area contributed by atoms with Crippen molar-refractivity contribution in [1.82, 2.24) is 5.32 Å². The smallest absolute Gasteiger partial charge is 0.123 e. The van der Waals surface area contributed by atoms with Gasteiger partial charge in [-0.15, -0.1) is 0 Å². The molecular weight excluding hydrogens is 257 g/mol. The predicted molar refractivity (Wildman–Crippen MR) is 77.2 cm³/mol. The molecule has 20 heavy (non-hydrogen) atoms. The quantitative estimate of drug-likeness (QED) is 0.669. The van der Waals surface area contributed by atoms with E-state index in [4.69, 9.17) is 9.47 Å². The monoisotopic (exact) mass is 281 g/mol. The van der Waals surface area contributed by atoms with Crippen LogP contribution in [-0.2, 0) is 9.47 Å². The molecule has 2 rings (SSSR count). The van der Waals surface area contributed by atoms with Gasteiger partial charge in [0, 0.05) is 19.2 Å². The van der Waals surface area contributed by atoms with Crippen molar-refractivity contribution >= 4 is 0 Å². The molecule has 1 aromatic rings. The van der Waals surface area contributed by atoms with E-state index in [1.54, 1.807) is 12.1 Å². The van der Waals surface area contributed by atoms with Gasteiger partial charge in [0.05, 0.1) is 19.3 Å². The minimum atomic E-state index is -0.214. The summed E-state index contributed by atoms with van der Waals surface area (Å²) in [5.41, 5.74) is 1.01. The Morgan fingerprint density at radius 3 is 2.60 bits per heavy atom. The molecule has 1 saturated carbocycles. The summed E-state index contributed by atoms with van der Waals surface area (Å²) in [5, 5.41) is 3.46. The maximum absolute atomic E-state index is 13.0. The van der Waals surface area contributed by atoms with Crippen molar-refractivity contribution in [2.45, 2.75) is 38.3 Å². The SMILES string of the molecule is CCCOCCOC(CNC1CC1)c1ccc(F)cc1. The van der Waals surface area contributed by atoms with Crippen LogP contribution in [0.4, 0.5) is 4.39 Å². The van der Waals surface area contributed by atoms with Crippen LogP contribution in [0.5, 0.6) is 0 Å². The number of hydrogen-bond donors (Lipinski definition) is 1. The number of rotatable bonds is 10. The van der Waals surface area contributed by atoms with Crippen LogP contribution >= 0.6 is 0 Å². The molecule has 1 aromatic carbocycles. The largest absolute Gasteiger partial charge is 0.379 e. The van der Waals surface area contributed by atoms with Gasteiger partial charge >= 0.3 is 0 Å². The Balaban J connectivity index is 1.80. The molecule has 0 bridgehead atoms. The maximum Gasteiger partial charge on any atom is 0.123 e. The van der Waals surface area contributed by atoms with E-state index in [-0.39, 0.29) is 11.9 Å². The fraction of sp³-hybridized carbons (Fsp3) is 0.625. The number of halogens is 1. The summed E-state index contributed by atoms with van der Waals surface area (Å²) in [6, 6.07) is 7.19. The second kappa shape index (κ2) is 8.35. The van der Waals surface area contributed by atoms with Gasteiger partial charge in [0.1, 0.15) is 5.82 Å². The Bertz CT molecular complexity index is 379. The number of benzene rings is 1. The topological polar surface area (TPSA) is 30.5 Å². The molecule has 0 saturated heterocycles. The van der Waals surface area contributed by atoms with Gasteiger partial charge in [-0.25, -0.2) is 4.39 Å². The van der Waals surface area contributed by atoms with Crippen LogP contribution in [0.3, 0.4) is 0 Å². The van der Waals surface area contributed by atoms with Crippen LogP contribution < -0.4 is 5.32 Å². The summed E-state index contributed by atoms with van der Waals surface area (Å²) in [7, 11) is 0. The lowest BCUT2D eigenvalue weighted by atomic mass is 10.1. The van der Waals surface area contributed by atoms with E-state index in [9.17, 15) is 4.39 Å². The van der Waals surface area contributed by atoms with Crippen LogP contribution in [-0.4, -0.2) is 32.4 Å². The normalized spacial score (nSPS) is 16.3. The van der Waals surface area contributed by atoms with Gasteiger partial charge in [0.2, 0.25) is 0 Å². The molecule has 112 valence electrons. The summed E-state index contributed by atoms with van der Waals surface area (Å²) >= 11 is 0. The molecule has 1 unspecified atom stereocenters. The Morgan fingerprint density at radius 1 is 1.20 bits per heavy atom. The molecule has 4 heteroatoms. The zero-order chi connectivity index (χ0) is 14.2. The first-order valence-corrected chi connectivity index (χ1v) is 7.47. The van der Waals surface area contributed by atoms with Gasteiger partial charge in [-0.2, -0.15) is 0 Å². The van der Waals surface area contributed by atoms with E-state index in [1.165, 1.54) is 25.0 Å². The Kier molecular flexibility index (Phi) is 6.43. The standard InChI is InChI=1S/C16H24FNO2/c1-2-9-19-10-11-20-16(12-18-15-7-8-15)13-3-5-14(17)6-4-13/h3-6,15-16,18H,2,7-12H2,1H3. The van der Waals surface area contributed by atoms with Crippen molar-refractivity contribution in [2.24, 2.45) is 0 Å². The Morgan fingerprint density at radius 2 is 1.95 bits per heavy atom. The Labute approximate surface area is 120 Å². The average Bonchev–Trinajstić information content (AvgIpc) is 3.27. The molecule has 0 aromatic heterocycles. The first kappa shape index (κ1) is 15.4. The lowest BCUT2D eigenvalue weighted by Gasteiger charge is -2.19. The van der Waals surface area contributed by atoms with E-state index in [2.05, 4.69) is 12.2 Å². The third-order valence-corrected chi connectivity index (χ3v) is 3.31. The zero-order valence-corrected chi connectivity index (χ0v) is 12.1. The van der Waals surface area contributed by atoms with E-state index < -0.39 is 0 Å². The third-order valence-electron chi connectivity index (χ3n) is 3.31. The lowest BCUT2D eigenvalue weighted by Crippen LogP contribution is -2.26. The van der Waals surface area contributed by atoms with Gasteiger partial charge in [-0.3, -0.25) is 0 Å². The number of nitrogens with one attached hydrogen (secondary N) is 1. The van der Waals surface area contributed by atoms with Gasteiger partial charge in [0.15, 0.2) is 0 Å². The highest BCUT2D eigenvalue weighted by molar-refractivity contribution is 5.19. The first-order valence-electron chi connectivity index (χ1n) is 7.47. The van der Waals surface area contributed by atoms with Crippen molar-refractivity contribution < 1.29 is 13.9 Å². The van der Waals surface area contributed by atoms with Crippen LogP contribution in [0.1, 0.15) is 37.9 Å². The highest BCUT2D eigenvalue weighted by Crippen LogP contribution is 2.22. The molecule has 0 aliphatic heterocycles. The highest BCUT2D eigenvalue weighted by Gasteiger charge is 2.22. The van der Waals surface area contributed by atoms with Crippen LogP contribution in [0.15, 0.2) is 24.3 Å². The fourth-order valence-corrected chi connectivity index (χ4v) is 2.01. The van der Waals surface area contributed by atoms with Crippen LogP contribution in [0, 0.1) is 5.82 Å². The minimum Gasteiger partial charge on any atom is -0.379 e. The summed E-state index contributed by atoms with van der Waals surface area (Å²) in [6.45, 7) is 4.79. The number of hydrogen-bond acceptors (Lipinski definition) is 3. The molecule has 3 nitrogen and oxygen atoms in total. The summed E-state index contributed by atoms with van der Waals surface area (Å²) in [5.74, 6) is -0.214. The predicted octanol–water partition coefficient (Wildman–Crippen LogP) is 3.06. The van der Waals surface area contributed by atoms with Crippen molar-refractivity contribution in [3.05, 3.63) is 35.6 Å². The molecule has 0 radical (unpaired) electrons. The second-order valence-corrected chi connectivity index (χ2v) is 5.21. The molecule has 1 N–H and O–H groups in total. The molecule has 0 heterocycles. The van der Waals surface area contributed by atoms with Crippen molar-refractivity contribution in [3.8, 4) is 0 Å². The summed E-state index contributed by atoms with van der Waals surface area (Å²) in [4.78, 5) is 0. The molecule has 0 amide bonds. The van der Waals surface area contributed by atoms with E-state index in [0.29, 0.717) is 19.3 Å². The Hall–Kier alpha value is -0.970. The molecule has 1 fully saturated rings. The number of ether oxygens (including phenoxy) is 2. The van der Waals surface area contributed by atoms with Crippen molar-refractivity contribution in [2.75, 3.05) is 26.4 Å². The second-order valence-electron chi connectivity index (χ2n) is 5.21. The maximum atomic E-state index is 13.0. The van der Waals surface area contributed by atoms with E-state index in [0.717, 1.165) is 25.1 Å². The molecule has 0 spiro atoms. The van der Waals surface area contributed by atoms with Crippen molar-refractivity contribution in [3.63, 3.8) is 0 Å². The van der Waals surface area contributed by atoms with Crippen LogP contribution in [0.2, 0.25) is 0 Å². The van der Waals surface area contributed by atoms with Gasteiger partial charge in [-0.05, 0) is 37.0 Å². The van der Waals surface area contributed by atoms with E-state index >= 15 is 0 Å². The lowest BCUT2D eigenvalue weighted by molar-refractivity contribution is 0.00409. The zero-order valence-electron chi connectivity index (χ0n) is 12.1. The van der Waals surface area contributed by atoms with Gasteiger partial charge < -0.3 is 14.8 Å². The fourth-order valence-electron chi connectivity index (χ4n) is 2.01. The molecular formula is C16H24FNO2. The van der Waals surface area contributed by atoms with Crippen molar-refractivity contribution in [1.29, 1.82) is 0 Å². The summed E-state index contributed by atoms with van der Waals surface area (Å²) < 4.78 is 24.3. The minimum absolute atomic E-state index is 0.0403. The average molecular weight is 281 g/mol. The van der Waals surface area contributed by atoms with Gasteiger partial charge in [0.25, 0.3) is 0 Å². The van der Waals surface area contributed by atoms with Crippen LogP contribution in [0.25, 0.3) is 0 Å². The summed E-state index contributed by atoms with van der Waals surface area (Å²) in [6.07, 6.45) is 3.47. The first-order chi connectivity index (χ1) is 9.79. The van der Waals surface area contributed by atoms with Gasteiger partial charge in [-0.1, -0.05) is 19.1 Å². The third kappa shape index (κ3) is 5.57. The molecule has 1 aliphatic rings.